The number of halogens is 3. The van der Waals surface area contributed by atoms with Gasteiger partial charge in [0.15, 0.2) is 0 Å². The summed E-state index contributed by atoms with van der Waals surface area (Å²) in [6.07, 6.45) is -4.39. The Bertz CT molecular complexity index is 266. The van der Waals surface area contributed by atoms with E-state index < -0.39 is 23.7 Å². The molecule has 1 atom stereocenters. The first-order valence-corrected chi connectivity index (χ1v) is 4.44. The molecule has 0 fully saturated rings. The molecule has 0 bridgehead atoms. The molecule has 0 radical (unpaired) electrons. The van der Waals surface area contributed by atoms with E-state index >= 15 is 0 Å². The van der Waals surface area contributed by atoms with Crippen LogP contribution in [0.3, 0.4) is 0 Å². The number of carbonyl (C=O) groups is 1. The first-order valence-electron chi connectivity index (χ1n) is 4.44. The lowest BCUT2D eigenvalue weighted by Crippen LogP contribution is -2.43. The summed E-state index contributed by atoms with van der Waals surface area (Å²) in [5.41, 5.74) is -1.51. The lowest BCUT2D eigenvalue weighted by Gasteiger charge is -2.32. The van der Waals surface area contributed by atoms with Crippen LogP contribution in [0.15, 0.2) is 12.2 Å². The largest absolute Gasteiger partial charge is 0.456 e. The molecular weight excluding hydrogens is 209 g/mol. The molecule has 0 saturated heterocycles. The lowest BCUT2D eigenvalue weighted by atomic mass is 9.92. The van der Waals surface area contributed by atoms with Crippen molar-refractivity contribution in [3.05, 3.63) is 12.2 Å². The second kappa shape index (κ2) is 4.24. The van der Waals surface area contributed by atoms with Gasteiger partial charge in [0, 0.05) is 5.57 Å². The Morgan fingerprint density at radius 1 is 1.33 bits per heavy atom. The normalized spacial score (nSPS) is 14.6. The predicted molar refractivity (Wildman–Crippen MR) is 50.2 cm³/mol. The number of carbonyl (C=O) groups excluding carboxylic acids is 1. The van der Waals surface area contributed by atoms with Crippen LogP contribution < -0.4 is 0 Å². The quantitative estimate of drug-likeness (QED) is 0.544. The second-order valence-electron chi connectivity index (χ2n) is 4.04. The highest BCUT2D eigenvalue weighted by atomic mass is 19.4. The maximum Gasteiger partial charge on any atom is 0.395 e. The van der Waals surface area contributed by atoms with Crippen molar-refractivity contribution in [3.8, 4) is 0 Å². The zero-order valence-electron chi connectivity index (χ0n) is 9.23. The van der Waals surface area contributed by atoms with Crippen molar-refractivity contribution in [2.24, 2.45) is 5.92 Å². The van der Waals surface area contributed by atoms with Crippen LogP contribution in [0.25, 0.3) is 0 Å². The Balaban J connectivity index is 4.69. The standard InChI is InChI=1S/C10H15F3O2/c1-6(2)8(14)15-9(4,5)7(3)10(11,12)13/h7H,1H2,2-5H3. The van der Waals surface area contributed by atoms with Crippen LogP contribution in [-0.4, -0.2) is 17.7 Å². The summed E-state index contributed by atoms with van der Waals surface area (Å²) in [6, 6.07) is 0. The highest BCUT2D eigenvalue weighted by Gasteiger charge is 2.47. The number of rotatable bonds is 3. The van der Waals surface area contributed by atoms with E-state index in [1.807, 2.05) is 0 Å². The van der Waals surface area contributed by atoms with Gasteiger partial charge in [0.2, 0.25) is 0 Å². The summed E-state index contributed by atoms with van der Waals surface area (Å²) in [5.74, 6) is -2.54. The Morgan fingerprint density at radius 3 is 2.00 bits per heavy atom. The number of hydrogen-bond donors (Lipinski definition) is 0. The number of ether oxygens (including phenoxy) is 1. The minimum Gasteiger partial charge on any atom is -0.456 e. The van der Waals surface area contributed by atoms with Gasteiger partial charge in [0.1, 0.15) is 5.60 Å². The van der Waals surface area contributed by atoms with Gasteiger partial charge in [0.25, 0.3) is 0 Å². The molecule has 0 spiro atoms. The fourth-order valence-electron chi connectivity index (χ4n) is 0.809. The van der Waals surface area contributed by atoms with Crippen LogP contribution in [-0.2, 0) is 9.53 Å². The van der Waals surface area contributed by atoms with E-state index in [-0.39, 0.29) is 5.57 Å². The van der Waals surface area contributed by atoms with Gasteiger partial charge in [-0.05, 0) is 27.7 Å². The van der Waals surface area contributed by atoms with Crippen molar-refractivity contribution in [1.82, 2.24) is 0 Å². The van der Waals surface area contributed by atoms with Crippen molar-refractivity contribution >= 4 is 5.97 Å². The van der Waals surface area contributed by atoms with Crippen LogP contribution in [0.2, 0.25) is 0 Å². The SMILES string of the molecule is C=C(C)C(=O)OC(C)(C)C(C)C(F)(F)F. The van der Waals surface area contributed by atoms with Gasteiger partial charge in [-0.25, -0.2) is 4.79 Å². The molecular formula is C10H15F3O2. The first kappa shape index (κ1) is 14.0. The minimum atomic E-state index is -4.39. The predicted octanol–water partition coefficient (Wildman–Crippen LogP) is 3.08. The van der Waals surface area contributed by atoms with Crippen molar-refractivity contribution < 1.29 is 22.7 Å². The number of esters is 1. The topological polar surface area (TPSA) is 26.3 Å². The molecule has 0 aliphatic rings. The van der Waals surface area contributed by atoms with Crippen LogP contribution in [0, 0.1) is 5.92 Å². The van der Waals surface area contributed by atoms with E-state index in [1.54, 1.807) is 0 Å². The smallest absolute Gasteiger partial charge is 0.395 e. The summed E-state index contributed by atoms with van der Waals surface area (Å²) < 4.78 is 41.9. The lowest BCUT2D eigenvalue weighted by molar-refractivity contribution is -0.221. The molecule has 15 heavy (non-hydrogen) atoms. The van der Waals surface area contributed by atoms with E-state index in [9.17, 15) is 18.0 Å². The number of hydrogen-bond acceptors (Lipinski definition) is 2. The van der Waals surface area contributed by atoms with Crippen molar-refractivity contribution in [3.63, 3.8) is 0 Å². The molecule has 0 N–H and O–H groups in total. The maximum absolute atomic E-state index is 12.4. The molecule has 0 aliphatic heterocycles. The molecule has 2 nitrogen and oxygen atoms in total. The van der Waals surface area contributed by atoms with Crippen molar-refractivity contribution in [2.45, 2.75) is 39.5 Å². The molecule has 0 aromatic heterocycles. The zero-order chi connectivity index (χ0) is 12.4. The average Bonchev–Trinajstić information content (AvgIpc) is 2.00. The van der Waals surface area contributed by atoms with E-state index in [0.717, 1.165) is 6.92 Å². The van der Waals surface area contributed by atoms with Gasteiger partial charge in [-0.3, -0.25) is 0 Å². The molecule has 0 aliphatic carbocycles. The summed E-state index contributed by atoms with van der Waals surface area (Å²) in [5, 5.41) is 0. The molecule has 0 rings (SSSR count). The van der Waals surface area contributed by atoms with E-state index in [4.69, 9.17) is 4.74 Å². The van der Waals surface area contributed by atoms with Crippen LogP contribution in [0.5, 0.6) is 0 Å². The van der Waals surface area contributed by atoms with E-state index in [1.165, 1.54) is 20.8 Å². The van der Waals surface area contributed by atoms with E-state index in [0.29, 0.717) is 0 Å². The van der Waals surface area contributed by atoms with Gasteiger partial charge in [-0.1, -0.05) is 6.58 Å². The molecule has 0 amide bonds. The molecule has 0 aromatic carbocycles. The molecule has 0 heterocycles. The summed E-state index contributed by atoms with van der Waals surface area (Å²) in [7, 11) is 0. The van der Waals surface area contributed by atoms with Gasteiger partial charge >= 0.3 is 12.1 Å². The minimum absolute atomic E-state index is 0.0810. The first-order chi connectivity index (χ1) is 6.48. The Labute approximate surface area is 87.1 Å². The van der Waals surface area contributed by atoms with Gasteiger partial charge in [-0.15, -0.1) is 0 Å². The third kappa shape index (κ3) is 3.93. The van der Waals surface area contributed by atoms with Gasteiger partial charge < -0.3 is 4.74 Å². The Hall–Kier alpha value is -1.00. The average molecular weight is 224 g/mol. The third-order valence-corrected chi connectivity index (χ3v) is 2.24. The van der Waals surface area contributed by atoms with Crippen LogP contribution >= 0.6 is 0 Å². The second-order valence-corrected chi connectivity index (χ2v) is 4.04. The van der Waals surface area contributed by atoms with Gasteiger partial charge in [-0.2, -0.15) is 13.2 Å². The van der Waals surface area contributed by atoms with Crippen molar-refractivity contribution in [1.29, 1.82) is 0 Å². The summed E-state index contributed by atoms with van der Waals surface area (Å²) in [6.45, 7) is 8.12. The van der Waals surface area contributed by atoms with Gasteiger partial charge in [0.05, 0.1) is 5.92 Å². The fourth-order valence-corrected chi connectivity index (χ4v) is 0.809. The van der Waals surface area contributed by atoms with E-state index in [2.05, 4.69) is 6.58 Å². The Morgan fingerprint density at radius 2 is 1.73 bits per heavy atom. The Kier molecular flexibility index (Phi) is 3.96. The van der Waals surface area contributed by atoms with Crippen LogP contribution in [0.4, 0.5) is 13.2 Å². The molecule has 0 aromatic rings. The molecule has 88 valence electrons. The zero-order valence-corrected chi connectivity index (χ0v) is 9.23. The summed E-state index contributed by atoms with van der Waals surface area (Å²) >= 11 is 0. The molecule has 5 heteroatoms. The molecule has 0 saturated carbocycles. The third-order valence-electron chi connectivity index (χ3n) is 2.24. The van der Waals surface area contributed by atoms with Crippen molar-refractivity contribution in [2.75, 3.05) is 0 Å². The maximum atomic E-state index is 12.4. The highest BCUT2D eigenvalue weighted by Crippen LogP contribution is 2.36. The van der Waals surface area contributed by atoms with Crippen LogP contribution in [0.1, 0.15) is 27.7 Å². The fraction of sp³-hybridized carbons (Fsp3) is 0.700. The molecule has 1 unspecified atom stereocenters. The monoisotopic (exact) mass is 224 g/mol. The highest BCUT2D eigenvalue weighted by molar-refractivity contribution is 5.87. The summed E-state index contributed by atoms with van der Waals surface area (Å²) in [4.78, 5) is 11.1. The number of alkyl halides is 3.